The maximum atomic E-state index is 2.37. The van der Waals surface area contributed by atoms with Crippen molar-refractivity contribution in [1.29, 1.82) is 0 Å². The Kier molecular flexibility index (Phi) is 12.0. The number of nitrogens with zero attached hydrogens (tertiary/aromatic N) is 2. The van der Waals surface area contributed by atoms with Crippen LogP contribution in [0, 0.1) is 13.8 Å². The Morgan fingerprint density at radius 1 is 0.301 bits per heavy atom. The van der Waals surface area contributed by atoms with Gasteiger partial charge < -0.3 is 9.13 Å². The van der Waals surface area contributed by atoms with Gasteiger partial charge >= 0.3 is 0 Å². The second-order valence-electron chi connectivity index (χ2n) is 22.7. The van der Waals surface area contributed by atoms with Crippen molar-refractivity contribution < 1.29 is 0 Å². The first-order valence-electron chi connectivity index (χ1n) is 28.9. The SMILES string of the molecule is Cc1ccc(/C(=C\c2ccc(-c3ccc(C4(c5ccc(-c6ccc(/C=C(\c7ccc(C)cc7)c7ccc8c(c7)c7ccccc7n8C)cc6)cc5)c5ccccc5-c5ccccc54)cc3)cc2)c2ccc3c(c2)c2ccccc2n3C)cc1. The molecule has 0 amide bonds. The fourth-order valence-corrected chi connectivity index (χ4v) is 13.5. The lowest BCUT2D eigenvalue weighted by atomic mass is 9.67. The molecule has 0 unspecified atom stereocenters. The Morgan fingerprint density at radius 3 is 1.02 bits per heavy atom. The lowest BCUT2D eigenvalue weighted by Gasteiger charge is -2.34. The summed E-state index contributed by atoms with van der Waals surface area (Å²) in [6.45, 7) is 4.30. The third kappa shape index (κ3) is 8.40. The molecule has 1 aliphatic carbocycles. The van der Waals surface area contributed by atoms with E-state index in [0.29, 0.717) is 0 Å². The minimum atomic E-state index is -0.517. The van der Waals surface area contributed by atoms with Crippen molar-refractivity contribution in [3.05, 3.63) is 346 Å². The molecular formula is C81H60N2. The topological polar surface area (TPSA) is 9.86 Å². The molecule has 2 aromatic heterocycles. The summed E-state index contributed by atoms with van der Waals surface area (Å²) in [5.41, 5.74) is 28.9. The van der Waals surface area contributed by atoms with Gasteiger partial charge in [-0.15, -0.1) is 0 Å². The highest BCUT2D eigenvalue weighted by Crippen LogP contribution is 2.56. The van der Waals surface area contributed by atoms with Crippen LogP contribution in [0.5, 0.6) is 0 Å². The number of hydrogen-bond acceptors (Lipinski definition) is 0. The molecule has 2 heterocycles. The van der Waals surface area contributed by atoms with Crippen molar-refractivity contribution in [1.82, 2.24) is 9.13 Å². The van der Waals surface area contributed by atoms with Gasteiger partial charge in [-0.1, -0.05) is 254 Å². The van der Waals surface area contributed by atoms with E-state index in [2.05, 4.69) is 328 Å². The smallest absolute Gasteiger partial charge is 0.0713 e. The van der Waals surface area contributed by atoms with Crippen LogP contribution in [-0.2, 0) is 19.5 Å². The molecule has 0 radical (unpaired) electrons. The van der Waals surface area contributed by atoms with Gasteiger partial charge in [-0.2, -0.15) is 0 Å². The summed E-state index contributed by atoms with van der Waals surface area (Å²) in [6, 6.07) is 104. The van der Waals surface area contributed by atoms with Crippen molar-refractivity contribution in [3.8, 4) is 33.4 Å². The molecule has 0 bridgehead atoms. The molecule has 2 nitrogen and oxygen atoms in total. The summed E-state index contributed by atoms with van der Waals surface area (Å²) >= 11 is 0. The quantitative estimate of drug-likeness (QED) is 0.121. The molecule has 0 saturated carbocycles. The summed E-state index contributed by atoms with van der Waals surface area (Å²) in [6.07, 6.45) is 4.69. The zero-order valence-corrected chi connectivity index (χ0v) is 47.1. The minimum Gasteiger partial charge on any atom is -0.344 e. The van der Waals surface area contributed by atoms with Crippen molar-refractivity contribution in [3.63, 3.8) is 0 Å². The fourth-order valence-electron chi connectivity index (χ4n) is 13.5. The largest absolute Gasteiger partial charge is 0.344 e. The highest BCUT2D eigenvalue weighted by Gasteiger charge is 2.46. The van der Waals surface area contributed by atoms with Gasteiger partial charge in [0, 0.05) is 57.7 Å². The highest BCUT2D eigenvalue weighted by atomic mass is 14.9. The van der Waals surface area contributed by atoms with Crippen LogP contribution >= 0.6 is 0 Å². The monoisotopic (exact) mass is 1060 g/mol. The molecule has 0 saturated heterocycles. The number of benzene rings is 12. The van der Waals surface area contributed by atoms with Gasteiger partial charge in [0.15, 0.2) is 0 Å². The molecule has 0 spiro atoms. The molecule has 0 fully saturated rings. The van der Waals surface area contributed by atoms with E-state index in [1.165, 1.54) is 144 Å². The summed E-state index contributed by atoms with van der Waals surface area (Å²) in [7, 11) is 4.32. The van der Waals surface area contributed by atoms with Gasteiger partial charge in [0.2, 0.25) is 0 Å². The van der Waals surface area contributed by atoms with Crippen LogP contribution in [0.2, 0.25) is 0 Å². The van der Waals surface area contributed by atoms with Crippen LogP contribution in [0.1, 0.15) is 66.8 Å². The zero-order valence-electron chi connectivity index (χ0n) is 47.1. The average Bonchev–Trinajstić information content (AvgIpc) is 2.48. The summed E-state index contributed by atoms with van der Waals surface area (Å²) in [4.78, 5) is 0. The van der Waals surface area contributed by atoms with Crippen molar-refractivity contribution in [2.24, 2.45) is 14.1 Å². The molecule has 2 heteroatoms. The predicted molar refractivity (Wildman–Crippen MR) is 352 cm³/mol. The van der Waals surface area contributed by atoms with Gasteiger partial charge in [-0.3, -0.25) is 0 Å². The van der Waals surface area contributed by atoms with Crippen LogP contribution in [0.4, 0.5) is 0 Å². The molecule has 0 atom stereocenters. The first kappa shape index (κ1) is 49.7. The van der Waals surface area contributed by atoms with Crippen LogP contribution in [0.25, 0.3) is 100 Å². The zero-order chi connectivity index (χ0) is 55.8. The van der Waals surface area contributed by atoms with Gasteiger partial charge in [0.25, 0.3) is 0 Å². The first-order chi connectivity index (χ1) is 40.8. The number of aryl methyl sites for hydroxylation is 4. The Balaban J connectivity index is 0.756. The molecular weight excluding hydrogens is 1000 g/mol. The lowest BCUT2D eigenvalue weighted by Crippen LogP contribution is -2.28. The molecule has 12 aromatic carbocycles. The normalized spacial score (nSPS) is 13.1. The molecule has 14 aromatic rings. The van der Waals surface area contributed by atoms with E-state index in [-0.39, 0.29) is 0 Å². The molecule has 0 aliphatic heterocycles. The predicted octanol–water partition coefficient (Wildman–Crippen LogP) is 20.5. The summed E-state index contributed by atoms with van der Waals surface area (Å²) in [5.74, 6) is 0. The van der Waals surface area contributed by atoms with E-state index in [4.69, 9.17) is 0 Å². The number of fused-ring (bicyclic) bond motifs is 9. The van der Waals surface area contributed by atoms with Crippen LogP contribution in [0.3, 0.4) is 0 Å². The van der Waals surface area contributed by atoms with Crippen LogP contribution in [0.15, 0.2) is 279 Å². The standard InChI is InChI=1S/C81H60N2/c1-53-21-29-61(30-22-53)71(63-41-47-79-73(51-63)69-15-7-11-19-77(69)82(79)3)49-55-25-33-57(34-26-55)59-37-43-65(44-38-59)81(75-17-9-5-13-67(75)68-14-6-10-18-76(68)81)66-45-39-60(40-46-66)58-35-27-56(28-36-58)50-72(62-31-23-54(2)24-32-62)64-42-48-80-74(52-64)70-16-8-12-20-78(70)83(80)4/h5-52H,1-4H3/b71-49+,72-50+. The molecule has 1 aliphatic rings. The fraction of sp³-hybridized carbons (Fsp3) is 0.0617. The third-order valence-corrected chi connectivity index (χ3v) is 17.9. The van der Waals surface area contributed by atoms with E-state index >= 15 is 0 Å². The second kappa shape index (κ2) is 20.1. The Labute approximate surface area is 485 Å². The molecule has 83 heavy (non-hydrogen) atoms. The van der Waals surface area contributed by atoms with Crippen molar-refractivity contribution >= 4 is 66.9 Å². The second-order valence-corrected chi connectivity index (χ2v) is 22.7. The lowest BCUT2D eigenvalue weighted by molar-refractivity contribution is 0.769. The summed E-state index contributed by atoms with van der Waals surface area (Å²) < 4.78 is 4.60. The summed E-state index contributed by atoms with van der Waals surface area (Å²) in [5, 5.41) is 5.09. The third-order valence-electron chi connectivity index (χ3n) is 17.9. The Bertz CT molecular complexity index is 4560. The van der Waals surface area contributed by atoms with Crippen molar-refractivity contribution in [2.75, 3.05) is 0 Å². The van der Waals surface area contributed by atoms with Crippen molar-refractivity contribution in [2.45, 2.75) is 19.3 Å². The number of rotatable bonds is 10. The van der Waals surface area contributed by atoms with Crippen LogP contribution in [-0.4, -0.2) is 9.13 Å². The van der Waals surface area contributed by atoms with Crippen LogP contribution < -0.4 is 0 Å². The highest BCUT2D eigenvalue weighted by molar-refractivity contribution is 6.11. The molecule has 394 valence electrons. The molecule has 0 N–H and O–H groups in total. The first-order valence-corrected chi connectivity index (χ1v) is 28.9. The van der Waals surface area contributed by atoms with Gasteiger partial charge in [0.05, 0.1) is 5.41 Å². The van der Waals surface area contributed by atoms with E-state index in [9.17, 15) is 0 Å². The van der Waals surface area contributed by atoms with E-state index in [0.717, 1.165) is 11.1 Å². The Hall–Kier alpha value is -10.3. The minimum absolute atomic E-state index is 0.517. The molecule has 15 rings (SSSR count). The Morgan fingerprint density at radius 2 is 0.627 bits per heavy atom. The van der Waals surface area contributed by atoms with E-state index < -0.39 is 5.41 Å². The number of hydrogen-bond donors (Lipinski definition) is 0. The maximum Gasteiger partial charge on any atom is 0.0713 e. The number of aromatic nitrogens is 2. The van der Waals surface area contributed by atoms with Gasteiger partial charge in [-0.05, 0) is 163 Å². The maximum absolute atomic E-state index is 2.37. The number of para-hydroxylation sites is 2. The van der Waals surface area contributed by atoms with E-state index in [1.807, 2.05) is 0 Å². The van der Waals surface area contributed by atoms with Gasteiger partial charge in [0.1, 0.15) is 0 Å². The van der Waals surface area contributed by atoms with E-state index in [1.54, 1.807) is 0 Å². The van der Waals surface area contributed by atoms with Gasteiger partial charge in [-0.25, -0.2) is 0 Å². The average molecular weight is 1060 g/mol.